The van der Waals surface area contributed by atoms with Crippen LogP contribution < -0.4 is 0 Å². The molecule has 20 heavy (non-hydrogen) atoms. The van der Waals surface area contributed by atoms with Gasteiger partial charge in [-0.25, -0.2) is 13.9 Å². The Morgan fingerprint density at radius 2 is 2.10 bits per heavy atom. The van der Waals surface area contributed by atoms with E-state index in [4.69, 9.17) is 9.84 Å². The number of ether oxygens (including phenoxy) is 1. The van der Waals surface area contributed by atoms with Crippen LogP contribution in [0.1, 0.15) is 17.4 Å². The summed E-state index contributed by atoms with van der Waals surface area (Å²) in [5.74, 6) is -1.56. The van der Waals surface area contributed by atoms with Gasteiger partial charge in [-0.3, -0.25) is 0 Å². The van der Waals surface area contributed by atoms with Crippen LogP contribution in [-0.4, -0.2) is 39.3 Å². The Labute approximate surface area is 114 Å². The topological polar surface area (TPSA) is 77.2 Å². The Morgan fingerprint density at radius 3 is 2.70 bits per heavy atom. The van der Waals surface area contributed by atoms with Crippen molar-refractivity contribution >= 4 is 5.97 Å². The number of carboxylic acids is 1. The van der Waals surface area contributed by atoms with E-state index in [2.05, 4.69) is 10.3 Å². The number of carbonyl (C=O) groups is 1. The van der Waals surface area contributed by atoms with E-state index in [-0.39, 0.29) is 11.5 Å². The molecule has 1 aromatic heterocycles. The second-order valence-electron chi connectivity index (χ2n) is 4.02. The molecule has 0 aliphatic rings. The largest absolute Gasteiger partial charge is 0.476 e. The zero-order valence-electron chi connectivity index (χ0n) is 10.9. The molecule has 1 aromatic carbocycles. The Bertz CT molecular complexity index is 595. The van der Waals surface area contributed by atoms with Gasteiger partial charge in [-0.1, -0.05) is 5.21 Å². The molecule has 1 N–H and O–H groups in total. The highest BCUT2D eigenvalue weighted by molar-refractivity contribution is 5.92. The van der Waals surface area contributed by atoms with Gasteiger partial charge in [0.2, 0.25) is 0 Å². The third-order valence-corrected chi connectivity index (χ3v) is 2.71. The summed E-state index contributed by atoms with van der Waals surface area (Å²) in [4.78, 5) is 11.2. The number of hydrogen-bond acceptors (Lipinski definition) is 4. The number of halogens is 1. The molecule has 1 heterocycles. The molecule has 0 aliphatic carbocycles. The molecule has 0 unspecified atom stereocenters. The maximum atomic E-state index is 13.0. The summed E-state index contributed by atoms with van der Waals surface area (Å²) < 4.78 is 19.6. The first-order chi connectivity index (χ1) is 9.63. The molecule has 0 amide bonds. The molecule has 2 aromatic rings. The van der Waals surface area contributed by atoms with Gasteiger partial charge < -0.3 is 9.84 Å². The van der Waals surface area contributed by atoms with Crippen molar-refractivity contribution in [1.29, 1.82) is 0 Å². The zero-order valence-corrected chi connectivity index (χ0v) is 10.9. The van der Waals surface area contributed by atoms with Crippen LogP contribution in [0, 0.1) is 5.82 Å². The second kappa shape index (κ2) is 6.25. The standard InChI is InChI=1S/C13H14FN3O3/c1-2-20-8-7-17-12(11(13(18)19)15-16-17)9-3-5-10(14)6-4-9/h3-6H,2,7-8H2,1H3,(H,18,19). The quantitative estimate of drug-likeness (QED) is 0.816. The van der Waals surface area contributed by atoms with E-state index >= 15 is 0 Å². The Balaban J connectivity index is 2.38. The average Bonchev–Trinajstić information content (AvgIpc) is 2.84. The fraction of sp³-hybridized carbons (Fsp3) is 0.308. The van der Waals surface area contributed by atoms with Crippen molar-refractivity contribution in [2.45, 2.75) is 13.5 Å². The molecule has 0 aliphatic heterocycles. The van der Waals surface area contributed by atoms with Crippen molar-refractivity contribution in [3.8, 4) is 11.3 Å². The Morgan fingerprint density at radius 1 is 1.40 bits per heavy atom. The molecule has 0 saturated heterocycles. The second-order valence-corrected chi connectivity index (χ2v) is 4.02. The molecule has 0 fully saturated rings. The Kier molecular flexibility index (Phi) is 4.41. The first kappa shape index (κ1) is 14.1. The zero-order chi connectivity index (χ0) is 14.5. The molecular formula is C13H14FN3O3. The maximum absolute atomic E-state index is 13.0. The summed E-state index contributed by atoms with van der Waals surface area (Å²) in [5, 5.41) is 16.6. The number of nitrogens with zero attached hydrogens (tertiary/aromatic N) is 3. The van der Waals surface area contributed by atoms with E-state index in [1.807, 2.05) is 6.92 Å². The molecule has 0 radical (unpaired) electrons. The normalized spacial score (nSPS) is 10.7. The third-order valence-electron chi connectivity index (χ3n) is 2.71. The molecule has 0 saturated carbocycles. The van der Waals surface area contributed by atoms with Crippen molar-refractivity contribution in [1.82, 2.24) is 15.0 Å². The molecule has 0 bridgehead atoms. The highest BCUT2D eigenvalue weighted by atomic mass is 19.1. The van der Waals surface area contributed by atoms with Crippen LogP contribution in [0.25, 0.3) is 11.3 Å². The summed E-state index contributed by atoms with van der Waals surface area (Å²) in [6, 6.07) is 5.52. The van der Waals surface area contributed by atoms with Gasteiger partial charge in [-0.15, -0.1) is 5.10 Å². The van der Waals surface area contributed by atoms with Gasteiger partial charge in [-0.05, 0) is 31.2 Å². The lowest BCUT2D eigenvalue weighted by Gasteiger charge is -2.07. The fourth-order valence-corrected chi connectivity index (χ4v) is 1.80. The molecular weight excluding hydrogens is 265 g/mol. The lowest BCUT2D eigenvalue weighted by Crippen LogP contribution is -2.10. The summed E-state index contributed by atoms with van der Waals surface area (Å²) in [6.07, 6.45) is 0. The average molecular weight is 279 g/mol. The SMILES string of the molecule is CCOCCn1nnc(C(=O)O)c1-c1ccc(F)cc1. The Hall–Kier alpha value is -2.28. The number of aromatic carboxylic acids is 1. The van der Waals surface area contributed by atoms with E-state index in [0.717, 1.165) is 0 Å². The van der Waals surface area contributed by atoms with Gasteiger partial charge in [0.15, 0.2) is 5.69 Å². The van der Waals surface area contributed by atoms with E-state index < -0.39 is 5.97 Å². The van der Waals surface area contributed by atoms with Crippen molar-refractivity contribution in [3.63, 3.8) is 0 Å². The smallest absolute Gasteiger partial charge is 0.358 e. The van der Waals surface area contributed by atoms with Crippen LogP contribution in [0.15, 0.2) is 24.3 Å². The first-order valence-electron chi connectivity index (χ1n) is 6.14. The highest BCUT2D eigenvalue weighted by Gasteiger charge is 2.20. The minimum atomic E-state index is -1.17. The van der Waals surface area contributed by atoms with Crippen LogP contribution >= 0.6 is 0 Å². The summed E-state index contributed by atoms with van der Waals surface area (Å²) in [6.45, 7) is 3.20. The summed E-state index contributed by atoms with van der Waals surface area (Å²) in [7, 11) is 0. The molecule has 7 heteroatoms. The van der Waals surface area contributed by atoms with Crippen LogP contribution in [-0.2, 0) is 11.3 Å². The van der Waals surface area contributed by atoms with Crippen LogP contribution in [0.5, 0.6) is 0 Å². The molecule has 2 rings (SSSR count). The lowest BCUT2D eigenvalue weighted by atomic mass is 10.1. The summed E-state index contributed by atoms with van der Waals surface area (Å²) in [5.41, 5.74) is 0.732. The number of carboxylic acid groups (broad SMARTS) is 1. The van der Waals surface area contributed by atoms with Gasteiger partial charge in [0, 0.05) is 12.2 Å². The van der Waals surface area contributed by atoms with Crippen molar-refractivity contribution in [2.24, 2.45) is 0 Å². The third kappa shape index (κ3) is 3.00. The van der Waals surface area contributed by atoms with Crippen LogP contribution in [0.2, 0.25) is 0 Å². The molecule has 6 nitrogen and oxygen atoms in total. The monoisotopic (exact) mass is 279 g/mol. The van der Waals surface area contributed by atoms with E-state index in [1.54, 1.807) is 0 Å². The van der Waals surface area contributed by atoms with Crippen LogP contribution in [0.3, 0.4) is 0 Å². The predicted octanol–water partition coefficient (Wildman–Crippen LogP) is 1.82. The molecule has 0 atom stereocenters. The lowest BCUT2D eigenvalue weighted by molar-refractivity contribution is 0.0691. The predicted molar refractivity (Wildman–Crippen MR) is 68.9 cm³/mol. The van der Waals surface area contributed by atoms with E-state index in [1.165, 1.54) is 28.9 Å². The van der Waals surface area contributed by atoms with Crippen molar-refractivity contribution in [2.75, 3.05) is 13.2 Å². The highest BCUT2D eigenvalue weighted by Crippen LogP contribution is 2.22. The van der Waals surface area contributed by atoms with Gasteiger partial charge in [0.05, 0.1) is 13.2 Å². The number of aromatic nitrogens is 3. The minimum absolute atomic E-state index is 0.159. The van der Waals surface area contributed by atoms with Gasteiger partial charge in [0.1, 0.15) is 11.5 Å². The fourth-order valence-electron chi connectivity index (χ4n) is 1.80. The molecule has 0 spiro atoms. The van der Waals surface area contributed by atoms with Crippen molar-refractivity contribution in [3.05, 3.63) is 35.8 Å². The minimum Gasteiger partial charge on any atom is -0.476 e. The van der Waals surface area contributed by atoms with Gasteiger partial charge in [0.25, 0.3) is 0 Å². The number of rotatable bonds is 6. The number of benzene rings is 1. The summed E-state index contributed by atoms with van der Waals surface area (Å²) >= 11 is 0. The first-order valence-corrected chi connectivity index (χ1v) is 6.14. The van der Waals surface area contributed by atoms with E-state index in [9.17, 15) is 9.18 Å². The molecule has 106 valence electrons. The van der Waals surface area contributed by atoms with Crippen LogP contribution in [0.4, 0.5) is 4.39 Å². The van der Waals surface area contributed by atoms with Gasteiger partial charge in [-0.2, -0.15) is 0 Å². The van der Waals surface area contributed by atoms with Gasteiger partial charge >= 0.3 is 5.97 Å². The number of hydrogen-bond donors (Lipinski definition) is 1. The van der Waals surface area contributed by atoms with Crippen molar-refractivity contribution < 1.29 is 19.0 Å². The van der Waals surface area contributed by atoms with E-state index in [0.29, 0.717) is 31.0 Å². The maximum Gasteiger partial charge on any atom is 0.358 e.